The molecule has 0 saturated heterocycles. The van der Waals surface area contributed by atoms with Crippen LogP contribution in [0.2, 0.25) is 0 Å². The lowest BCUT2D eigenvalue weighted by molar-refractivity contribution is -0.138. The predicted octanol–water partition coefficient (Wildman–Crippen LogP) is 5.88. The van der Waals surface area contributed by atoms with E-state index in [1.54, 1.807) is 6.07 Å². The number of amides is 1. The number of carbonyl (C=O) groups excluding carboxylic acids is 1. The number of halogens is 1. The maximum atomic E-state index is 13.5. The lowest BCUT2D eigenvalue weighted by Gasteiger charge is -2.18. The minimum atomic E-state index is -0.978. The minimum Gasteiger partial charge on any atom is -0.481 e. The molecule has 166 valence electrons. The van der Waals surface area contributed by atoms with Crippen LogP contribution < -0.4 is 5.32 Å². The first-order valence-electron chi connectivity index (χ1n) is 10.6. The molecular formula is C27H23BrN2O3. The van der Waals surface area contributed by atoms with Crippen LogP contribution in [-0.2, 0) is 4.79 Å². The number of nitrogens with zero attached hydrogens (tertiary/aromatic N) is 1. The number of aryl methyl sites for hydroxylation is 1. The highest BCUT2D eigenvalue weighted by molar-refractivity contribution is 9.10. The fraction of sp³-hybridized carbons (Fsp3) is 0.148. The largest absolute Gasteiger partial charge is 0.481 e. The van der Waals surface area contributed by atoms with E-state index in [-0.39, 0.29) is 12.5 Å². The van der Waals surface area contributed by atoms with Gasteiger partial charge in [0.25, 0.3) is 5.91 Å². The average Bonchev–Trinajstić information content (AvgIpc) is 2.80. The van der Waals surface area contributed by atoms with Crippen LogP contribution in [0.15, 0.2) is 77.3 Å². The maximum absolute atomic E-state index is 13.5. The Kier molecular flexibility index (Phi) is 6.56. The summed E-state index contributed by atoms with van der Waals surface area (Å²) in [5.41, 5.74) is 5.14. The molecule has 0 aliphatic heterocycles. The Labute approximate surface area is 200 Å². The molecule has 6 heteroatoms. The number of carboxylic acid groups (broad SMARTS) is 1. The third kappa shape index (κ3) is 4.66. The van der Waals surface area contributed by atoms with Gasteiger partial charge in [0.2, 0.25) is 0 Å². The van der Waals surface area contributed by atoms with Gasteiger partial charge in [-0.05, 0) is 48.7 Å². The summed E-state index contributed by atoms with van der Waals surface area (Å²) in [4.78, 5) is 30.3. The van der Waals surface area contributed by atoms with Crippen molar-refractivity contribution in [3.63, 3.8) is 0 Å². The molecule has 1 unspecified atom stereocenters. The van der Waals surface area contributed by atoms with Crippen LogP contribution in [-0.4, -0.2) is 28.5 Å². The normalized spacial score (nSPS) is 11.8. The highest BCUT2D eigenvalue weighted by atomic mass is 79.9. The summed E-state index contributed by atoms with van der Waals surface area (Å²) in [6.45, 7) is 3.73. The Morgan fingerprint density at radius 1 is 1.00 bits per heavy atom. The minimum absolute atomic E-state index is 0.0169. The van der Waals surface area contributed by atoms with Gasteiger partial charge in [0.15, 0.2) is 0 Å². The van der Waals surface area contributed by atoms with Gasteiger partial charge in [0.1, 0.15) is 0 Å². The molecule has 1 atom stereocenters. The monoisotopic (exact) mass is 502 g/mol. The molecule has 2 N–H and O–H groups in total. The van der Waals surface area contributed by atoms with Gasteiger partial charge in [0.05, 0.1) is 22.7 Å². The number of carboxylic acids is 1. The Morgan fingerprint density at radius 3 is 2.39 bits per heavy atom. The molecule has 0 bridgehead atoms. The summed E-state index contributed by atoms with van der Waals surface area (Å²) < 4.78 is 0.834. The summed E-state index contributed by atoms with van der Waals surface area (Å²) in [5.74, 6) is -2.15. The number of rotatable bonds is 6. The third-order valence-electron chi connectivity index (χ3n) is 5.79. The smallest absolute Gasteiger partial charge is 0.312 e. The van der Waals surface area contributed by atoms with E-state index in [4.69, 9.17) is 4.98 Å². The zero-order chi connectivity index (χ0) is 23.5. The number of carbonyl (C=O) groups is 2. The summed E-state index contributed by atoms with van der Waals surface area (Å²) in [6, 6.07) is 22.7. The van der Waals surface area contributed by atoms with Crippen molar-refractivity contribution < 1.29 is 14.7 Å². The number of benzene rings is 3. The van der Waals surface area contributed by atoms with Gasteiger partial charge in [-0.2, -0.15) is 0 Å². The quantitative estimate of drug-likeness (QED) is 0.345. The zero-order valence-corrected chi connectivity index (χ0v) is 19.9. The van der Waals surface area contributed by atoms with Crippen molar-refractivity contribution in [2.75, 3.05) is 6.54 Å². The Balaban J connectivity index is 1.76. The second-order valence-corrected chi connectivity index (χ2v) is 8.86. The Morgan fingerprint density at radius 2 is 1.70 bits per heavy atom. The standard InChI is InChI=1S/C27H23BrN2O3/c1-16-8-6-7-11-20(16)22(27(32)33)15-29-26(31)24-17(2)25(18-9-4-3-5-10-18)30-23-13-12-19(28)14-21(23)24/h3-14,22H,15H2,1-2H3,(H,29,31)(H,32,33). The highest BCUT2D eigenvalue weighted by Gasteiger charge is 2.24. The number of hydrogen-bond donors (Lipinski definition) is 2. The molecule has 3 aromatic carbocycles. The summed E-state index contributed by atoms with van der Waals surface area (Å²) in [6.07, 6.45) is 0. The van der Waals surface area contributed by atoms with Crippen molar-refractivity contribution in [2.24, 2.45) is 0 Å². The van der Waals surface area contributed by atoms with Crippen molar-refractivity contribution in [1.82, 2.24) is 10.3 Å². The van der Waals surface area contributed by atoms with Crippen LogP contribution in [0.5, 0.6) is 0 Å². The molecule has 1 aromatic heterocycles. The lowest BCUT2D eigenvalue weighted by Crippen LogP contribution is -2.32. The van der Waals surface area contributed by atoms with Crippen molar-refractivity contribution in [2.45, 2.75) is 19.8 Å². The van der Waals surface area contributed by atoms with Crippen molar-refractivity contribution >= 4 is 38.7 Å². The van der Waals surface area contributed by atoms with Gasteiger partial charge < -0.3 is 10.4 Å². The van der Waals surface area contributed by atoms with Gasteiger partial charge in [-0.3, -0.25) is 9.59 Å². The fourth-order valence-electron chi connectivity index (χ4n) is 4.09. The van der Waals surface area contributed by atoms with E-state index in [2.05, 4.69) is 21.2 Å². The Hall–Kier alpha value is -3.51. The number of pyridine rings is 1. The zero-order valence-electron chi connectivity index (χ0n) is 18.3. The second kappa shape index (κ2) is 9.55. The van der Waals surface area contributed by atoms with Gasteiger partial charge in [-0.1, -0.05) is 70.5 Å². The van der Waals surface area contributed by atoms with Gasteiger partial charge in [-0.15, -0.1) is 0 Å². The van der Waals surface area contributed by atoms with Gasteiger partial charge in [-0.25, -0.2) is 4.98 Å². The van der Waals surface area contributed by atoms with Crippen LogP contribution in [0, 0.1) is 13.8 Å². The molecule has 1 amide bonds. The fourth-order valence-corrected chi connectivity index (χ4v) is 4.45. The van der Waals surface area contributed by atoms with Crippen molar-refractivity contribution in [3.05, 3.63) is 99.5 Å². The van der Waals surface area contributed by atoms with Crippen LogP contribution >= 0.6 is 15.9 Å². The van der Waals surface area contributed by atoms with Crippen LogP contribution in [0.1, 0.15) is 33.0 Å². The molecule has 33 heavy (non-hydrogen) atoms. The van der Waals surface area contributed by atoms with E-state index in [1.165, 1.54) is 0 Å². The Bertz CT molecular complexity index is 1350. The molecule has 0 saturated carbocycles. The molecule has 0 aliphatic carbocycles. The first-order chi connectivity index (χ1) is 15.9. The van der Waals surface area contributed by atoms with Crippen molar-refractivity contribution in [1.29, 1.82) is 0 Å². The summed E-state index contributed by atoms with van der Waals surface area (Å²) in [7, 11) is 0. The van der Waals surface area contributed by atoms with Crippen LogP contribution in [0.3, 0.4) is 0 Å². The van der Waals surface area contributed by atoms with Gasteiger partial charge in [0, 0.05) is 22.0 Å². The van der Waals surface area contributed by atoms with E-state index >= 15 is 0 Å². The third-order valence-corrected chi connectivity index (χ3v) is 6.29. The van der Waals surface area contributed by atoms with Gasteiger partial charge >= 0.3 is 5.97 Å². The van der Waals surface area contributed by atoms with Crippen LogP contribution in [0.25, 0.3) is 22.2 Å². The molecule has 0 radical (unpaired) electrons. The van der Waals surface area contributed by atoms with Crippen LogP contribution in [0.4, 0.5) is 0 Å². The number of aliphatic carboxylic acids is 1. The van der Waals surface area contributed by atoms with E-state index in [9.17, 15) is 14.7 Å². The van der Waals surface area contributed by atoms with E-state index in [0.717, 1.165) is 26.9 Å². The lowest BCUT2D eigenvalue weighted by atomic mass is 9.94. The predicted molar refractivity (Wildman–Crippen MR) is 134 cm³/mol. The van der Waals surface area contributed by atoms with E-state index < -0.39 is 11.9 Å². The number of fused-ring (bicyclic) bond motifs is 1. The molecular weight excluding hydrogens is 480 g/mol. The molecule has 0 aliphatic rings. The molecule has 0 spiro atoms. The molecule has 4 aromatic rings. The summed E-state index contributed by atoms with van der Waals surface area (Å²) >= 11 is 3.49. The molecule has 4 rings (SSSR count). The second-order valence-electron chi connectivity index (χ2n) is 7.95. The molecule has 5 nitrogen and oxygen atoms in total. The summed E-state index contributed by atoms with van der Waals surface area (Å²) in [5, 5.41) is 13.4. The topological polar surface area (TPSA) is 79.3 Å². The van der Waals surface area contributed by atoms with Crippen molar-refractivity contribution in [3.8, 4) is 11.3 Å². The van der Waals surface area contributed by atoms with E-state index in [0.29, 0.717) is 22.0 Å². The highest BCUT2D eigenvalue weighted by Crippen LogP contribution is 2.31. The molecule has 1 heterocycles. The molecule has 0 fully saturated rings. The first-order valence-corrected chi connectivity index (χ1v) is 11.4. The number of aromatic nitrogens is 1. The SMILES string of the molecule is Cc1ccccc1C(CNC(=O)c1c(C)c(-c2ccccc2)nc2ccc(Br)cc12)C(=O)O. The average molecular weight is 503 g/mol. The first kappa shape index (κ1) is 22.7. The maximum Gasteiger partial charge on any atom is 0.312 e. The number of hydrogen-bond acceptors (Lipinski definition) is 3. The van der Waals surface area contributed by atoms with E-state index in [1.807, 2.05) is 80.6 Å². The number of nitrogens with one attached hydrogen (secondary N) is 1.